The second kappa shape index (κ2) is 5.15. The van der Waals surface area contributed by atoms with Gasteiger partial charge in [-0.3, -0.25) is 14.5 Å². The Morgan fingerprint density at radius 1 is 0.955 bits per heavy atom. The van der Waals surface area contributed by atoms with Gasteiger partial charge in [-0.25, -0.2) is 13.2 Å². The lowest BCUT2D eigenvalue weighted by atomic mass is 10.1. The van der Waals surface area contributed by atoms with Crippen molar-refractivity contribution in [3.8, 4) is 0 Å². The lowest BCUT2D eigenvalue weighted by molar-refractivity contribution is 0.599. The Bertz CT molecular complexity index is 1070. The molecule has 0 saturated carbocycles. The average Bonchev–Trinajstić information content (AvgIpc) is 2.46. The van der Waals surface area contributed by atoms with E-state index in [2.05, 4.69) is 9.71 Å². The summed E-state index contributed by atoms with van der Waals surface area (Å²) in [7, 11) is -4.09. The summed E-state index contributed by atoms with van der Waals surface area (Å²) in [5.41, 5.74) is -1.42. The van der Waals surface area contributed by atoms with Gasteiger partial charge in [-0.15, -0.1) is 0 Å². The van der Waals surface area contributed by atoms with Gasteiger partial charge in [0.2, 0.25) is 0 Å². The predicted molar refractivity (Wildman–Crippen MR) is 82.4 cm³/mol. The number of sulfonamides is 1. The topological polar surface area (TPSA) is 112 Å². The first-order valence-electron chi connectivity index (χ1n) is 6.29. The highest BCUT2D eigenvalue weighted by atomic mass is 32.2. The summed E-state index contributed by atoms with van der Waals surface area (Å²) in [6, 6.07) is 12.5. The molecule has 0 atom stereocenters. The third-order valence-corrected chi connectivity index (χ3v) is 4.46. The zero-order valence-corrected chi connectivity index (χ0v) is 12.0. The van der Waals surface area contributed by atoms with Crippen LogP contribution in [-0.4, -0.2) is 18.4 Å². The monoisotopic (exact) mass is 317 g/mol. The molecule has 0 radical (unpaired) electrons. The maximum Gasteiger partial charge on any atom is 0.325 e. The van der Waals surface area contributed by atoms with Crippen LogP contribution >= 0.6 is 0 Å². The number of nitrogens with one attached hydrogen (secondary N) is 3. The summed E-state index contributed by atoms with van der Waals surface area (Å²) in [4.78, 5) is 26.0. The van der Waals surface area contributed by atoms with Gasteiger partial charge < -0.3 is 4.98 Å². The van der Waals surface area contributed by atoms with Crippen molar-refractivity contribution in [3.63, 3.8) is 0 Å². The molecule has 2 aromatic carbocycles. The third kappa shape index (κ3) is 2.63. The van der Waals surface area contributed by atoms with E-state index in [4.69, 9.17) is 0 Å². The van der Waals surface area contributed by atoms with Gasteiger partial charge in [0.1, 0.15) is 0 Å². The van der Waals surface area contributed by atoms with Gasteiger partial charge in [0, 0.05) is 11.9 Å². The number of rotatable bonds is 3. The van der Waals surface area contributed by atoms with E-state index in [0.29, 0.717) is 5.69 Å². The Kier molecular flexibility index (Phi) is 3.30. The zero-order valence-electron chi connectivity index (χ0n) is 11.2. The summed E-state index contributed by atoms with van der Waals surface area (Å²) in [6.45, 7) is 0. The number of anilines is 1. The molecule has 0 amide bonds. The Hall–Kier alpha value is -2.87. The van der Waals surface area contributed by atoms with Crippen molar-refractivity contribution in [1.29, 1.82) is 0 Å². The van der Waals surface area contributed by atoms with Gasteiger partial charge in [-0.05, 0) is 22.9 Å². The Morgan fingerprint density at radius 3 is 2.41 bits per heavy atom. The summed E-state index contributed by atoms with van der Waals surface area (Å²) < 4.78 is 26.8. The minimum atomic E-state index is -4.09. The molecule has 1 aromatic heterocycles. The van der Waals surface area contributed by atoms with E-state index < -0.39 is 26.2 Å². The Morgan fingerprint density at radius 2 is 1.68 bits per heavy atom. The van der Waals surface area contributed by atoms with Crippen LogP contribution in [0.3, 0.4) is 0 Å². The molecule has 0 aliphatic rings. The first kappa shape index (κ1) is 14.1. The molecule has 0 bridgehead atoms. The first-order valence-corrected chi connectivity index (χ1v) is 7.78. The van der Waals surface area contributed by atoms with Gasteiger partial charge in [-0.1, -0.05) is 30.3 Å². The van der Waals surface area contributed by atoms with Crippen molar-refractivity contribution in [2.75, 3.05) is 4.72 Å². The number of aromatic nitrogens is 2. The lowest BCUT2D eigenvalue weighted by Crippen LogP contribution is -2.29. The molecule has 0 fully saturated rings. The molecule has 3 aromatic rings. The number of benzene rings is 2. The molecule has 3 N–H and O–H groups in total. The molecule has 8 heteroatoms. The summed E-state index contributed by atoms with van der Waals surface area (Å²) >= 11 is 0. The van der Waals surface area contributed by atoms with Crippen LogP contribution in [0.2, 0.25) is 0 Å². The van der Waals surface area contributed by atoms with Crippen LogP contribution in [-0.2, 0) is 10.0 Å². The fourth-order valence-corrected chi connectivity index (χ4v) is 3.12. The first-order chi connectivity index (χ1) is 10.5. The lowest BCUT2D eigenvalue weighted by Gasteiger charge is -2.08. The summed E-state index contributed by atoms with van der Waals surface area (Å²) in [6.07, 6.45) is 0.866. The van der Waals surface area contributed by atoms with E-state index in [0.717, 1.165) is 17.0 Å². The van der Waals surface area contributed by atoms with Crippen LogP contribution in [0, 0.1) is 0 Å². The van der Waals surface area contributed by atoms with Crippen molar-refractivity contribution in [2.45, 2.75) is 4.90 Å². The van der Waals surface area contributed by atoms with E-state index in [1.54, 1.807) is 18.2 Å². The van der Waals surface area contributed by atoms with Crippen molar-refractivity contribution >= 4 is 26.5 Å². The number of hydrogen-bond donors (Lipinski definition) is 3. The number of hydrogen-bond acceptors (Lipinski definition) is 4. The van der Waals surface area contributed by atoms with Gasteiger partial charge in [0.15, 0.2) is 4.90 Å². The van der Waals surface area contributed by atoms with E-state index in [-0.39, 0.29) is 0 Å². The van der Waals surface area contributed by atoms with E-state index in [9.17, 15) is 18.0 Å². The second-order valence-electron chi connectivity index (χ2n) is 4.60. The van der Waals surface area contributed by atoms with E-state index >= 15 is 0 Å². The number of H-pyrrole nitrogens is 2. The average molecular weight is 317 g/mol. The van der Waals surface area contributed by atoms with Crippen LogP contribution < -0.4 is 16.0 Å². The fourth-order valence-electron chi connectivity index (χ4n) is 2.06. The molecule has 0 unspecified atom stereocenters. The smallest absolute Gasteiger partial charge is 0.313 e. The molecule has 3 rings (SSSR count). The summed E-state index contributed by atoms with van der Waals surface area (Å²) in [5, 5.41) is 1.82. The van der Waals surface area contributed by atoms with Crippen LogP contribution in [0.5, 0.6) is 0 Å². The maximum atomic E-state index is 12.2. The quantitative estimate of drug-likeness (QED) is 0.669. The molecular formula is C14H11N3O4S. The third-order valence-electron chi connectivity index (χ3n) is 3.08. The van der Waals surface area contributed by atoms with Gasteiger partial charge in [-0.2, -0.15) is 0 Å². The fraction of sp³-hybridized carbons (Fsp3) is 0. The highest BCUT2D eigenvalue weighted by molar-refractivity contribution is 7.92. The maximum absolute atomic E-state index is 12.2. The molecule has 7 nitrogen and oxygen atoms in total. The van der Waals surface area contributed by atoms with Gasteiger partial charge in [0.25, 0.3) is 15.6 Å². The number of fused-ring (bicyclic) bond motifs is 1. The number of aromatic amines is 2. The molecule has 112 valence electrons. The molecule has 22 heavy (non-hydrogen) atoms. The van der Waals surface area contributed by atoms with Gasteiger partial charge >= 0.3 is 5.69 Å². The molecule has 0 saturated heterocycles. The normalized spacial score (nSPS) is 11.5. The van der Waals surface area contributed by atoms with E-state index in [1.165, 1.54) is 0 Å². The Labute approximate surface area is 124 Å². The van der Waals surface area contributed by atoms with Crippen LogP contribution in [0.15, 0.2) is 63.1 Å². The standard InChI is InChI=1S/C14H11N3O4S/c18-13-12(8-15-14(19)16-13)22(20,21)17-11-6-5-9-3-1-2-4-10(9)7-11/h1-8,17H,(H2,15,16,18,19). The van der Waals surface area contributed by atoms with Crippen molar-refractivity contribution in [3.05, 3.63) is 69.5 Å². The van der Waals surface area contributed by atoms with Crippen molar-refractivity contribution < 1.29 is 8.42 Å². The molecule has 0 aliphatic heterocycles. The minimum Gasteiger partial charge on any atom is -0.313 e. The largest absolute Gasteiger partial charge is 0.325 e. The molecule has 0 spiro atoms. The highest BCUT2D eigenvalue weighted by Crippen LogP contribution is 2.20. The van der Waals surface area contributed by atoms with Crippen LogP contribution in [0.1, 0.15) is 0 Å². The predicted octanol–water partition coefficient (Wildman–Crippen LogP) is 1.02. The van der Waals surface area contributed by atoms with Crippen molar-refractivity contribution in [2.24, 2.45) is 0 Å². The Balaban J connectivity index is 2.02. The summed E-state index contributed by atoms with van der Waals surface area (Å²) in [5.74, 6) is 0. The van der Waals surface area contributed by atoms with Gasteiger partial charge in [0.05, 0.1) is 0 Å². The SMILES string of the molecule is O=c1[nH]cc(S(=O)(=O)Nc2ccc3ccccc3c2)c(=O)[nH]1. The second-order valence-corrected chi connectivity index (χ2v) is 6.25. The highest BCUT2D eigenvalue weighted by Gasteiger charge is 2.19. The molecule has 0 aliphatic carbocycles. The van der Waals surface area contributed by atoms with Crippen molar-refractivity contribution in [1.82, 2.24) is 9.97 Å². The zero-order chi connectivity index (χ0) is 15.7. The van der Waals surface area contributed by atoms with Crippen LogP contribution in [0.25, 0.3) is 10.8 Å². The van der Waals surface area contributed by atoms with E-state index in [1.807, 2.05) is 29.2 Å². The van der Waals surface area contributed by atoms with Crippen LogP contribution in [0.4, 0.5) is 5.69 Å². The molecule has 1 heterocycles. The minimum absolute atomic E-state index is 0.323. The molecular weight excluding hydrogens is 306 g/mol.